The van der Waals surface area contributed by atoms with E-state index in [0.717, 1.165) is 5.75 Å². The number of carbonyl (C=O) groups is 2. The van der Waals surface area contributed by atoms with Crippen molar-refractivity contribution >= 4 is 17.6 Å². The fraction of sp³-hybridized carbons (Fsp3) is 0.176. The van der Waals surface area contributed by atoms with Crippen molar-refractivity contribution in [2.24, 2.45) is 0 Å². The van der Waals surface area contributed by atoms with E-state index in [-0.39, 0.29) is 5.91 Å². The Morgan fingerprint density at radius 3 is 2.14 bits per heavy atom. The molecule has 1 N–H and O–H groups in total. The standard InChI is InChI=1S/C17H17NO4/c1-12(21-13(2)19)17(20)18-14-8-10-16(11-9-14)22-15-6-4-3-5-7-15/h3-12H,1-2H3,(H,18,20)/t12-/m1/s1. The van der Waals surface area contributed by atoms with Gasteiger partial charge in [-0.2, -0.15) is 0 Å². The second-order valence-electron chi connectivity index (χ2n) is 4.68. The molecule has 5 heteroatoms. The van der Waals surface area contributed by atoms with Crippen molar-refractivity contribution in [1.82, 2.24) is 0 Å². The molecule has 5 nitrogen and oxygen atoms in total. The van der Waals surface area contributed by atoms with Crippen LogP contribution in [0.5, 0.6) is 11.5 Å². The van der Waals surface area contributed by atoms with Gasteiger partial charge in [-0.1, -0.05) is 18.2 Å². The fourth-order valence-corrected chi connectivity index (χ4v) is 1.78. The molecular formula is C17H17NO4. The third-order valence-corrected chi connectivity index (χ3v) is 2.81. The van der Waals surface area contributed by atoms with E-state index in [2.05, 4.69) is 5.32 Å². The summed E-state index contributed by atoms with van der Waals surface area (Å²) in [7, 11) is 0. The highest BCUT2D eigenvalue weighted by molar-refractivity contribution is 5.94. The lowest BCUT2D eigenvalue weighted by Gasteiger charge is -2.12. The molecule has 0 unspecified atom stereocenters. The third kappa shape index (κ3) is 4.63. The van der Waals surface area contributed by atoms with Gasteiger partial charge >= 0.3 is 5.97 Å². The molecule has 1 atom stereocenters. The van der Waals surface area contributed by atoms with Gasteiger partial charge in [0.05, 0.1) is 0 Å². The molecule has 2 aromatic carbocycles. The van der Waals surface area contributed by atoms with Crippen molar-refractivity contribution < 1.29 is 19.1 Å². The van der Waals surface area contributed by atoms with Gasteiger partial charge in [0.1, 0.15) is 11.5 Å². The van der Waals surface area contributed by atoms with E-state index in [1.807, 2.05) is 30.3 Å². The largest absolute Gasteiger partial charge is 0.457 e. The Bertz CT molecular complexity index is 637. The molecule has 0 aromatic heterocycles. The molecule has 22 heavy (non-hydrogen) atoms. The Labute approximate surface area is 128 Å². The molecule has 0 fully saturated rings. The number of benzene rings is 2. The summed E-state index contributed by atoms with van der Waals surface area (Å²) >= 11 is 0. The van der Waals surface area contributed by atoms with Crippen molar-refractivity contribution in [1.29, 1.82) is 0 Å². The van der Waals surface area contributed by atoms with E-state index in [0.29, 0.717) is 11.4 Å². The van der Waals surface area contributed by atoms with Gasteiger partial charge in [0, 0.05) is 12.6 Å². The van der Waals surface area contributed by atoms with Crippen LogP contribution >= 0.6 is 0 Å². The lowest BCUT2D eigenvalue weighted by molar-refractivity contribution is -0.150. The average molecular weight is 299 g/mol. The maximum absolute atomic E-state index is 11.8. The van der Waals surface area contributed by atoms with Crippen LogP contribution in [0.3, 0.4) is 0 Å². The number of hydrogen-bond acceptors (Lipinski definition) is 4. The van der Waals surface area contributed by atoms with Crippen LogP contribution in [0.1, 0.15) is 13.8 Å². The average Bonchev–Trinajstić information content (AvgIpc) is 2.49. The summed E-state index contributed by atoms with van der Waals surface area (Å²) in [5.74, 6) is 0.529. The zero-order valence-electron chi connectivity index (χ0n) is 12.4. The van der Waals surface area contributed by atoms with Crippen LogP contribution in [0.15, 0.2) is 54.6 Å². The highest BCUT2D eigenvalue weighted by Crippen LogP contribution is 2.22. The van der Waals surface area contributed by atoms with Gasteiger partial charge in [-0.3, -0.25) is 9.59 Å². The summed E-state index contributed by atoms with van der Waals surface area (Å²) < 4.78 is 10.5. The monoisotopic (exact) mass is 299 g/mol. The predicted molar refractivity (Wildman–Crippen MR) is 82.8 cm³/mol. The van der Waals surface area contributed by atoms with Gasteiger partial charge in [-0.05, 0) is 43.3 Å². The van der Waals surface area contributed by atoms with E-state index in [1.165, 1.54) is 13.8 Å². The molecule has 0 aliphatic rings. The molecule has 0 bridgehead atoms. The molecule has 0 aliphatic carbocycles. The van der Waals surface area contributed by atoms with Gasteiger partial charge in [0.2, 0.25) is 0 Å². The van der Waals surface area contributed by atoms with E-state index < -0.39 is 12.1 Å². The van der Waals surface area contributed by atoms with Crippen LogP contribution in [0.25, 0.3) is 0 Å². The van der Waals surface area contributed by atoms with Crippen LogP contribution < -0.4 is 10.1 Å². The van der Waals surface area contributed by atoms with Crippen molar-refractivity contribution in [2.75, 3.05) is 5.32 Å². The number of esters is 1. The normalized spacial score (nSPS) is 11.4. The highest BCUT2D eigenvalue weighted by atomic mass is 16.5. The summed E-state index contributed by atoms with van der Waals surface area (Å²) in [5.41, 5.74) is 0.601. The number of carbonyl (C=O) groups excluding carboxylic acids is 2. The summed E-state index contributed by atoms with van der Waals surface area (Å²) in [4.78, 5) is 22.6. The van der Waals surface area contributed by atoms with Crippen molar-refractivity contribution in [3.63, 3.8) is 0 Å². The molecule has 0 radical (unpaired) electrons. The second kappa shape index (κ2) is 7.26. The number of hydrogen-bond donors (Lipinski definition) is 1. The van der Waals surface area contributed by atoms with Crippen LogP contribution in [-0.2, 0) is 14.3 Å². The Morgan fingerprint density at radius 2 is 1.55 bits per heavy atom. The van der Waals surface area contributed by atoms with Crippen molar-refractivity contribution in [3.05, 3.63) is 54.6 Å². The summed E-state index contributed by atoms with van der Waals surface area (Å²) in [6, 6.07) is 16.3. The second-order valence-corrected chi connectivity index (χ2v) is 4.68. The minimum Gasteiger partial charge on any atom is -0.457 e. The minimum absolute atomic E-state index is 0.382. The van der Waals surface area contributed by atoms with Gasteiger partial charge in [0.15, 0.2) is 6.10 Å². The number of anilines is 1. The Balaban J connectivity index is 1.94. The van der Waals surface area contributed by atoms with E-state index in [9.17, 15) is 9.59 Å². The molecule has 2 rings (SSSR count). The minimum atomic E-state index is -0.835. The first-order chi connectivity index (χ1) is 10.5. The van der Waals surface area contributed by atoms with Crippen molar-refractivity contribution in [3.8, 4) is 11.5 Å². The highest BCUT2D eigenvalue weighted by Gasteiger charge is 2.15. The summed E-state index contributed by atoms with van der Waals surface area (Å²) in [5, 5.41) is 2.67. The molecular weight excluding hydrogens is 282 g/mol. The predicted octanol–water partition coefficient (Wildman–Crippen LogP) is 3.37. The van der Waals surface area contributed by atoms with Crippen LogP contribution in [0.4, 0.5) is 5.69 Å². The Morgan fingerprint density at radius 1 is 0.955 bits per heavy atom. The zero-order chi connectivity index (χ0) is 15.9. The molecule has 0 heterocycles. The third-order valence-electron chi connectivity index (χ3n) is 2.81. The van der Waals surface area contributed by atoms with Gasteiger partial charge in [-0.25, -0.2) is 0 Å². The molecule has 2 aromatic rings. The first-order valence-corrected chi connectivity index (χ1v) is 6.85. The first-order valence-electron chi connectivity index (χ1n) is 6.85. The van der Waals surface area contributed by atoms with E-state index >= 15 is 0 Å². The smallest absolute Gasteiger partial charge is 0.303 e. The summed E-state index contributed by atoms with van der Waals surface area (Å²) in [6.07, 6.45) is -0.835. The number of para-hydroxylation sites is 1. The molecule has 114 valence electrons. The van der Waals surface area contributed by atoms with Crippen LogP contribution in [0, 0.1) is 0 Å². The fourth-order valence-electron chi connectivity index (χ4n) is 1.78. The number of ether oxygens (including phenoxy) is 2. The van der Waals surface area contributed by atoms with Crippen molar-refractivity contribution in [2.45, 2.75) is 20.0 Å². The first kappa shape index (κ1) is 15.6. The molecule has 0 saturated carbocycles. The lowest BCUT2D eigenvalue weighted by Crippen LogP contribution is -2.29. The molecule has 0 aliphatic heterocycles. The molecule has 0 saturated heterocycles. The maximum atomic E-state index is 11.8. The van der Waals surface area contributed by atoms with E-state index in [4.69, 9.17) is 9.47 Å². The van der Waals surface area contributed by atoms with E-state index in [1.54, 1.807) is 24.3 Å². The zero-order valence-corrected chi connectivity index (χ0v) is 12.4. The van der Waals surface area contributed by atoms with Gasteiger partial charge in [0.25, 0.3) is 5.91 Å². The number of nitrogens with one attached hydrogen (secondary N) is 1. The number of rotatable bonds is 5. The quantitative estimate of drug-likeness (QED) is 0.860. The molecule has 1 amide bonds. The van der Waals surface area contributed by atoms with Crippen LogP contribution in [-0.4, -0.2) is 18.0 Å². The Hall–Kier alpha value is -2.82. The maximum Gasteiger partial charge on any atom is 0.303 e. The van der Waals surface area contributed by atoms with Gasteiger partial charge in [-0.15, -0.1) is 0 Å². The Kier molecular flexibility index (Phi) is 5.14. The lowest BCUT2D eigenvalue weighted by atomic mass is 10.2. The number of amides is 1. The summed E-state index contributed by atoms with van der Waals surface area (Å²) in [6.45, 7) is 2.78. The van der Waals surface area contributed by atoms with Gasteiger partial charge < -0.3 is 14.8 Å². The molecule has 0 spiro atoms. The van der Waals surface area contributed by atoms with Crippen LogP contribution in [0.2, 0.25) is 0 Å². The topological polar surface area (TPSA) is 64.6 Å². The SMILES string of the molecule is CC(=O)O[C@H](C)C(=O)Nc1ccc(Oc2ccccc2)cc1.